The van der Waals surface area contributed by atoms with Crippen LogP contribution in [0.5, 0.6) is 5.75 Å². The van der Waals surface area contributed by atoms with Gasteiger partial charge in [-0.15, -0.1) is 0 Å². The van der Waals surface area contributed by atoms with E-state index in [0.717, 1.165) is 49.1 Å². The molecule has 2 aromatic carbocycles. The molecule has 1 aliphatic heterocycles. The number of aliphatic imine (C=N–C) groups is 1. The quantitative estimate of drug-likeness (QED) is 0.140. The molecule has 0 fully saturated rings. The van der Waals surface area contributed by atoms with Crippen LogP contribution < -0.4 is 10.1 Å². The number of anilines is 1. The Morgan fingerprint density at radius 1 is 0.932 bits per heavy atom. The third-order valence-corrected chi connectivity index (χ3v) is 7.90. The van der Waals surface area contributed by atoms with Gasteiger partial charge in [-0.2, -0.15) is 4.39 Å². The summed E-state index contributed by atoms with van der Waals surface area (Å²) in [6.07, 6.45) is 13.2. The molecule has 2 aromatic rings. The van der Waals surface area contributed by atoms with Crippen molar-refractivity contribution in [1.82, 2.24) is 0 Å². The Hall–Kier alpha value is -4.40. The largest absolute Gasteiger partial charge is 0.494 e. The van der Waals surface area contributed by atoms with E-state index in [4.69, 9.17) is 9.84 Å². The van der Waals surface area contributed by atoms with Crippen LogP contribution in [0.15, 0.2) is 65.4 Å². The summed E-state index contributed by atoms with van der Waals surface area (Å²) in [4.78, 5) is 39.7. The van der Waals surface area contributed by atoms with Gasteiger partial charge in [0.05, 0.1) is 18.5 Å². The number of hydrogen-bond acceptors (Lipinski definition) is 6. The number of benzene rings is 2. The normalized spacial score (nSPS) is 15.3. The van der Waals surface area contributed by atoms with Gasteiger partial charge < -0.3 is 15.2 Å². The number of methoxy groups -OCH3 is 1. The Balaban J connectivity index is 1.24. The molecule has 1 heterocycles. The number of halogens is 2. The number of ketones is 2. The van der Waals surface area contributed by atoms with Gasteiger partial charge in [-0.1, -0.05) is 31.4 Å². The molecule has 2 aliphatic rings. The number of nitrogens with one attached hydrogen (secondary N) is 1. The van der Waals surface area contributed by atoms with Gasteiger partial charge in [-0.25, -0.2) is 4.39 Å². The smallest absolute Gasteiger partial charge is 0.303 e. The van der Waals surface area contributed by atoms with E-state index in [1.54, 1.807) is 6.20 Å². The molecule has 1 unspecified atom stereocenters. The fraction of sp³-hybridized carbons (Fsp3) is 0.371. The number of aryl methyl sites for hydroxylation is 1. The topological polar surface area (TPSA) is 105 Å². The zero-order valence-corrected chi connectivity index (χ0v) is 25.1. The summed E-state index contributed by atoms with van der Waals surface area (Å²) in [6.45, 7) is 1.90. The Kier molecular flexibility index (Phi) is 11.4. The third-order valence-electron chi connectivity index (χ3n) is 7.90. The number of carbonyl (C=O) groups excluding carboxylic acids is 2. The third kappa shape index (κ3) is 8.15. The van der Waals surface area contributed by atoms with Crippen LogP contribution in [0.2, 0.25) is 0 Å². The monoisotopic (exact) mass is 604 g/mol. The Labute approximate surface area is 256 Å². The molecule has 0 bridgehead atoms. The van der Waals surface area contributed by atoms with E-state index in [9.17, 15) is 23.2 Å². The number of carboxylic acids is 1. The van der Waals surface area contributed by atoms with E-state index in [0.29, 0.717) is 42.5 Å². The van der Waals surface area contributed by atoms with E-state index >= 15 is 0 Å². The summed E-state index contributed by atoms with van der Waals surface area (Å²) >= 11 is 0. The molecule has 0 amide bonds. The average molecular weight is 605 g/mol. The van der Waals surface area contributed by atoms with Crippen molar-refractivity contribution in [2.45, 2.75) is 71.1 Å². The first kappa shape index (κ1) is 32.5. The molecule has 2 N–H and O–H groups in total. The number of carboxylic acid groups (broad SMARTS) is 1. The minimum atomic E-state index is -1.03. The molecule has 1 atom stereocenters. The highest BCUT2D eigenvalue weighted by molar-refractivity contribution is 6.14. The van der Waals surface area contributed by atoms with Crippen molar-refractivity contribution in [1.29, 1.82) is 0 Å². The zero-order valence-electron chi connectivity index (χ0n) is 25.1. The molecule has 232 valence electrons. The van der Waals surface area contributed by atoms with Crippen LogP contribution in [0, 0.1) is 24.5 Å². The summed E-state index contributed by atoms with van der Waals surface area (Å²) in [7, 11) is 1.29. The van der Waals surface area contributed by atoms with E-state index in [-0.39, 0.29) is 35.2 Å². The lowest BCUT2D eigenvalue weighted by atomic mass is 9.86. The van der Waals surface area contributed by atoms with Crippen LogP contribution in [-0.4, -0.2) is 35.5 Å². The van der Waals surface area contributed by atoms with Crippen LogP contribution in [0.25, 0.3) is 5.57 Å². The number of ether oxygens (including phenoxy) is 1. The molecule has 0 aromatic heterocycles. The van der Waals surface area contributed by atoms with Crippen molar-refractivity contribution in [3.8, 4) is 5.75 Å². The zero-order chi connectivity index (χ0) is 31.6. The Morgan fingerprint density at radius 3 is 2.39 bits per heavy atom. The minimum Gasteiger partial charge on any atom is -0.494 e. The average Bonchev–Trinajstić information content (AvgIpc) is 3.43. The van der Waals surface area contributed by atoms with Crippen LogP contribution in [0.1, 0.15) is 85.7 Å². The Bertz CT molecular complexity index is 1540. The van der Waals surface area contributed by atoms with E-state index < -0.39 is 17.6 Å². The number of allylic oxidation sites excluding steroid dienone is 5. The maximum absolute atomic E-state index is 14.8. The van der Waals surface area contributed by atoms with Gasteiger partial charge in [0.2, 0.25) is 5.82 Å². The van der Waals surface area contributed by atoms with E-state index in [1.165, 1.54) is 19.2 Å². The van der Waals surface area contributed by atoms with E-state index in [2.05, 4.69) is 10.3 Å². The van der Waals surface area contributed by atoms with Crippen LogP contribution in [0.4, 0.5) is 14.5 Å². The second-order valence-corrected chi connectivity index (χ2v) is 11.1. The lowest BCUT2D eigenvalue weighted by Crippen LogP contribution is -2.21. The molecule has 0 saturated heterocycles. The van der Waals surface area contributed by atoms with Gasteiger partial charge in [-0.05, 0) is 73.7 Å². The van der Waals surface area contributed by atoms with Gasteiger partial charge in [0.1, 0.15) is 5.78 Å². The number of rotatable bonds is 17. The number of hydrogen-bond donors (Lipinski definition) is 2. The maximum Gasteiger partial charge on any atom is 0.303 e. The predicted molar refractivity (Wildman–Crippen MR) is 167 cm³/mol. The number of unbranched alkanes of at least 4 members (excludes halogenated alkanes) is 4. The minimum absolute atomic E-state index is 0.0300. The Morgan fingerprint density at radius 2 is 1.66 bits per heavy atom. The number of carbonyl (C=O) groups is 3. The first-order valence-corrected chi connectivity index (χ1v) is 15.0. The summed E-state index contributed by atoms with van der Waals surface area (Å²) in [5.74, 6) is -3.17. The fourth-order valence-electron chi connectivity index (χ4n) is 5.53. The van der Waals surface area contributed by atoms with Crippen molar-refractivity contribution < 1.29 is 33.0 Å². The standard InChI is InChI=1S/C35H38F2N2O5/c1-22-20-23(16-17-25(22)30(41)14-7-5-3-4-6-10-24(40)11-8-15-32(42)43)39-29-13-9-12-27-28(21-38-35(27)29)26-18-19-31(44-2)34(37)33(26)36/h9,12-13,16-21,27,39H,3-8,10-11,14-15H2,1-2H3,(H,42,43). The van der Waals surface area contributed by atoms with Gasteiger partial charge >= 0.3 is 5.97 Å². The van der Waals surface area contributed by atoms with Crippen molar-refractivity contribution in [2.24, 2.45) is 10.9 Å². The van der Waals surface area contributed by atoms with Crippen LogP contribution in [0.3, 0.4) is 0 Å². The molecule has 0 spiro atoms. The van der Waals surface area contributed by atoms with Crippen molar-refractivity contribution in [3.05, 3.63) is 88.8 Å². The number of nitrogens with zero attached hydrogens (tertiary/aromatic N) is 1. The molecule has 44 heavy (non-hydrogen) atoms. The summed E-state index contributed by atoms with van der Waals surface area (Å²) < 4.78 is 34.1. The lowest BCUT2D eigenvalue weighted by Gasteiger charge is -2.21. The molecule has 1 aliphatic carbocycles. The molecule has 0 saturated carbocycles. The number of aliphatic carboxylic acids is 1. The summed E-state index contributed by atoms with van der Waals surface area (Å²) in [6, 6.07) is 8.49. The highest BCUT2D eigenvalue weighted by atomic mass is 19.2. The number of fused-ring (bicyclic) bond motifs is 1. The highest BCUT2D eigenvalue weighted by Crippen LogP contribution is 2.38. The fourth-order valence-corrected chi connectivity index (χ4v) is 5.53. The van der Waals surface area contributed by atoms with E-state index in [1.807, 2.05) is 43.4 Å². The van der Waals surface area contributed by atoms with Crippen molar-refractivity contribution in [2.75, 3.05) is 12.4 Å². The highest BCUT2D eigenvalue weighted by Gasteiger charge is 2.31. The molecular weight excluding hydrogens is 566 g/mol. The lowest BCUT2D eigenvalue weighted by molar-refractivity contribution is -0.137. The first-order chi connectivity index (χ1) is 21.2. The van der Waals surface area contributed by atoms with Gasteiger partial charge in [0.25, 0.3) is 0 Å². The molecule has 9 heteroatoms. The molecule has 0 radical (unpaired) electrons. The summed E-state index contributed by atoms with van der Waals surface area (Å²) in [5.41, 5.74) is 4.44. The van der Waals surface area contributed by atoms with Crippen molar-refractivity contribution in [3.63, 3.8) is 0 Å². The van der Waals surface area contributed by atoms with Crippen LogP contribution in [-0.2, 0) is 9.59 Å². The first-order valence-electron chi connectivity index (χ1n) is 15.0. The van der Waals surface area contributed by atoms with Gasteiger partial charge in [0.15, 0.2) is 17.3 Å². The molecular formula is C35H38F2N2O5. The number of Topliss-reactive ketones (excluding diaryl/α,β-unsaturated/α-hetero) is 2. The maximum atomic E-state index is 14.8. The second kappa shape index (κ2) is 15.4. The second-order valence-electron chi connectivity index (χ2n) is 11.1. The van der Waals surface area contributed by atoms with Crippen LogP contribution >= 0.6 is 0 Å². The predicted octanol–water partition coefficient (Wildman–Crippen LogP) is 8.00. The molecule has 4 rings (SSSR count). The summed E-state index contributed by atoms with van der Waals surface area (Å²) in [5, 5.41) is 12.0. The van der Waals surface area contributed by atoms with Crippen molar-refractivity contribution >= 4 is 34.5 Å². The molecule has 7 nitrogen and oxygen atoms in total. The van der Waals surface area contributed by atoms with Gasteiger partial charge in [-0.3, -0.25) is 19.4 Å². The van der Waals surface area contributed by atoms with Gasteiger partial charge in [0, 0.05) is 54.6 Å². The SMILES string of the molecule is COc1ccc(C2=CN=C3C(Nc4ccc(C(=O)CCCCCCCC(=O)CCCC(=O)O)c(C)c4)=CC=CC23)c(F)c1F.